The number of likely N-dealkylation sites (tertiary alicyclic amines) is 1. The fraction of sp³-hybridized carbons (Fsp3) is 0.429. The predicted molar refractivity (Wildman–Crippen MR) is 74.0 cm³/mol. The molecule has 0 radical (unpaired) electrons. The highest BCUT2D eigenvalue weighted by Crippen LogP contribution is 2.23. The molecule has 0 spiro atoms. The molecule has 1 saturated heterocycles. The van der Waals surface area contributed by atoms with Crippen molar-refractivity contribution >= 4 is 23.4 Å². The number of carbonyl (C=O) groups is 2. The second-order valence-electron chi connectivity index (χ2n) is 4.95. The zero-order chi connectivity index (χ0) is 14.0. The Bertz CT molecular complexity index is 508. The fourth-order valence-electron chi connectivity index (χ4n) is 2.33. The number of nitrogens with zero attached hydrogens (tertiary/aromatic N) is 1. The molecule has 0 aliphatic carbocycles. The Morgan fingerprint density at radius 2 is 1.95 bits per heavy atom. The summed E-state index contributed by atoms with van der Waals surface area (Å²) in [5, 5.41) is 0.474. The Kier molecular flexibility index (Phi) is 4.10. The van der Waals surface area contributed by atoms with E-state index in [1.165, 1.54) is 0 Å². The van der Waals surface area contributed by atoms with Crippen molar-refractivity contribution < 1.29 is 9.59 Å². The number of aryl methyl sites for hydroxylation is 1. The summed E-state index contributed by atoms with van der Waals surface area (Å²) in [7, 11) is 0. The summed E-state index contributed by atoms with van der Waals surface area (Å²) in [5.74, 6) is -0.467. The van der Waals surface area contributed by atoms with E-state index in [-0.39, 0.29) is 17.7 Å². The highest BCUT2D eigenvalue weighted by molar-refractivity contribution is 6.33. The molecule has 1 aliphatic rings. The lowest BCUT2D eigenvalue weighted by Gasteiger charge is -2.30. The molecule has 2 N–H and O–H groups in total. The summed E-state index contributed by atoms with van der Waals surface area (Å²) in [6, 6.07) is 5.40. The van der Waals surface area contributed by atoms with Crippen LogP contribution in [0.4, 0.5) is 0 Å². The van der Waals surface area contributed by atoms with Crippen molar-refractivity contribution in [1.82, 2.24) is 4.90 Å². The van der Waals surface area contributed by atoms with Crippen LogP contribution in [0, 0.1) is 12.8 Å². The minimum Gasteiger partial charge on any atom is -0.369 e. The highest BCUT2D eigenvalue weighted by atomic mass is 35.5. The average molecular weight is 281 g/mol. The van der Waals surface area contributed by atoms with Crippen LogP contribution >= 0.6 is 11.6 Å². The molecule has 1 heterocycles. The third-order valence-electron chi connectivity index (χ3n) is 3.54. The van der Waals surface area contributed by atoms with Crippen LogP contribution in [0.25, 0.3) is 0 Å². The highest BCUT2D eigenvalue weighted by Gasteiger charge is 2.27. The molecule has 4 nitrogen and oxygen atoms in total. The van der Waals surface area contributed by atoms with Gasteiger partial charge in [-0.2, -0.15) is 0 Å². The van der Waals surface area contributed by atoms with Crippen molar-refractivity contribution in [1.29, 1.82) is 0 Å². The maximum Gasteiger partial charge on any atom is 0.255 e. The van der Waals surface area contributed by atoms with Crippen LogP contribution in [0.5, 0.6) is 0 Å². The first-order chi connectivity index (χ1) is 8.99. The molecule has 1 aromatic carbocycles. The number of amides is 2. The Hall–Kier alpha value is -1.55. The maximum absolute atomic E-state index is 12.3. The van der Waals surface area contributed by atoms with Crippen LogP contribution < -0.4 is 5.73 Å². The third kappa shape index (κ3) is 3.07. The normalized spacial score (nSPS) is 16.4. The number of hydrogen-bond acceptors (Lipinski definition) is 2. The van der Waals surface area contributed by atoms with Gasteiger partial charge in [0.1, 0.15) is 0 Å². The summed E-state index contributed by atoms with van der Waals surface area (Å²) < 4.78 is 0. The number of nitrogens with two attached hydrogens (primary N) is 1. The SMILES string of the molecule is Cc1ccc(C(=O)N2CCC(C(N)=O)CC2)c(Cl)c1. The van der Waals surface area contributed by atoms with Gasteiger partial charge in [0, 0.05) is 19.0 Å². The molecule has 2 amide bonds. The molecule has 0 aromatic heterocycles. The molecule has 1 aromatic rings. The Morgan fingerprint density at radius 1 is 1.32 bits per heavy atom. The quantitative estimate of drug-likeness (QED) is 0.900. The van der Waals surface area contributed by atoms with E-state index in [1.54, 1.807) is 17.0 Å². The Labute approximate surface area is 117 Å². The molecule has 1 aliphatic heterocycles. The molecular formula is C14H17ClN2O2. The lowest BCUT2D eigenvalue weighted by atomic mass is 9.96. The molecule has 5 heteroatoms. The van der Waals surface area contributed by atoms with Crippen molar-refractivity contribution in [3.8, 4) is 0 Å². The summed E-state index contributed by atoms with van der Waals surface area (Å²) >= 11 is 6.10. The smallest absolute Gasteiger partial charge is 0.255 e. The molecular weight excluding hydrogens is 264 g/mol. The van der Waals surface area contributed by atoms with Crippen LogP contribution in [0.15, 0.2) is 18.2 Å². The van der Waals surface area contributed by atoms with E-state index in [2.05, 4.69) is 0 Å². The molecule has 102 valence electrons. The first-order valence-electron chi connectivity index (χ1n) is 6.34. The first-order valence-corrected chi connectivity index (χ1v) is 6.71. The summed E-state index contributed by atoms with van der Waals surface area (Å²) in [5.41, 5.74) is 6.82. The van der Waals surface area contributed by atoms with E-state index in [0.29, 0.717) is 36.5 Å². The van der Waals surface area contributed by atoms with E-state index in [0.717, 1.165) is 5.56 Å². The van der Waals surface area contributed by atoms with E-state index in [9.17, 15) is 9.59 Å². The Balaban J connectivity index is 2.07. The minimum absolute atomic E-state index is 0.0760. The van der Waals surface area contributed by atoms with Crippen molar-refractivity contribution in [2.24, 2.45) is 11.7 Å². The van der Waals surface area contributed by atoms with Crippen LogP contribution in [0.1, 0.15) is 28.8 Å². The van der Waals surface area contributed by atoms with Gasteiger partial charge in [-0.3, -0.25) is 9.59 Å². The van der Waals surface area contributed by atoms with Gasteiger partial charge in [0.2, 0.25) is 5.91 Å². The van der Waals surface area contributed by atoms with Crippen LogP contribution in [-0.4, -0.2) is 29.8 Å². The van der Waals surface area contributed by atoms with Crippen molar-refractivity contribution in [2.75, 3.05) is 13.1 Å². The monoisotopic (exact) mass is 280 g/mol. The predicted octanol–water partition coefficient (Wildman–Crippen LogP) is 1.99. The fourth-order valence-corrected chi connectivity index (χ4v) is 2.65. The van der Waals surface area contributed by atoms with Gasteiger partial charge in [0.05, 0.1) is 10.6 Å². The number of rotatable bonds is 2. The number of carbonyl (C=O) groups excluding carboxylic acids is 2. The van der Waals surface area contributed by atoms with E-state index in [1.807, 2.05) is 13.0 Å². The van der Waals surface area contributed by atoms with Crippen LogP contribution in [0.2, 0.25) is 5.02 Å². The number of hydrogen-bond donors (Lipinski definition) is 1. The number of primary amides is 1. The van der Waals surface area contributed by atoms with Crippen LogP contribution in [-0.2, 0) is 4.79 Å². The van der Waals surface area contributed by atoms with Gasteiger partial charge in [-0.05, 0) is 37.5 Å². The second kappa shape index (κ2) is 5.61. The number of benzene rings is 1. The van der Waals surface area contributed by atoms with Gasteiger partial charge in [-0.15, -0.1) is 0 Å². The van der Waals surface area contributed by atoms with E-state index in [4.69, 9.17) is 17.3 Å². The summed E-state index contributed by atoms with van der Waals surface area (Å²) in [4.78, 5) is 25.2. The third-order valence-corrected chi connectivity index (χ3v) is 3.85. The molecule has 0 unspecified atom stereocenters. The minimum atomic E-state index is -0.277. The number of piperidine rings is 1. The van der Waals surface area contributed by atoms with Gasteiger partial charge in [0.25, 0.3) is 5.91 Å². The average Bonchev–Trinajstić information content (AvgIpc) is 2.38. The number of halogens is 1. The first kappa shape index (κ1) is 13.9. The standard InChI is InChI=1S/C14H17ClN2O2/c1-9-2-3-11(12(15)8-9)14(19)17-6-4-10(5-7-17)13(16)18/h2-3,8,10H,4-7H2,1H3,(H2,16,18). The molecule has 1 fully saturated rings. The molecule has 19 heavy (non-hydrogen) atoms. The molecule has 0 saturated carbocycles. The topological polar surface area (TPSA) is 63.4 Å². The van der Waals surface area contributed by atoms with Crippen molar-refractivity contribution in [3.63, 3.8) is 0 Å². The second-order valence-corrected chi connectivity index (χ2v) is 5.36. The molecule has 2 rings (SSSR count). The summed E-state index contributed by atoms with van der Waals surface area (Å²) in [6.07, 6.45) is 1.26. The lowest BCUT2D eigenvalue weighted by Crippen LogP contribution is -2.41. The zero-order valence-electron chi connectivity index (χ0n) is 10.9. The van der Waals surface area contributed by atoms with Crippen molar-refractivity contribution in [2.45, 2.75) is 19.8 Å². The van der Waals surface area contributed by atoms with Gasteiger partial charge >= 0.3 is 0 Å². The van der Waals surface area contributed by atoms with Crippen molar-refractivity contribution in [3.05, 3.63) is 34.3 Å². The maximum atomic E-state index is 12.3. The van der Waals surface area contributed by atoms with E-state index >= 15 is 0 Å². The van der Waals surface area contributed by atoms with Gasteiger partial charge in [-0.1, -0.05) is 17.7 Å². The lowest BCUT2D eigenvalue weighted by molar-refractivity contribution is -0.123. The zero-order valence-corrected chi connectivity index (χ0v) is 11.6. The Morgan fingerprint density at radius 3 is 2.47 bits per heavy atom. The molecule has 0 bridgehead atoms. The van der Waals surface area contributed by atoms with Crippen LogP contribution in [0.3, 0.4) is 0 Å². The van der Waals surface area contributed by atoms with E-state index < -0.39 is 0 Å². The molecule has 0 atom stereocenters. The van der Waals surface area contributed by atoms with Gasteiger partial charge < -0.3 is 10.6 Å². The van der Waals surface area contributed by atoms with Gasteiger partial charge in [0.15, 0.2) is 0 Å². The largest absolute Gasteiger partial charge is 0.369 e. The summed E-state index contributed by atoms with van der Waals surface area (Å²) in [6.45, 7) is 3.03. The van der Waals surface area contributed by atoms with Gasteiger partial charge in [-0.25, -0.2) is 0 Å².